The third-order valence-corrected chi connectivity index (χ3v) is 6.42. The molecule has 152 valence electrons. The zero-order valence-corrected chi connectivity index (χ0v) is 17.9. The van der Waals surface area contributed by atoms with Crippen LogP contribution in [-0.2, 0) is 0 Å². The molecule has 5 nitrogen and oxygen atoms in total. The first-order valence-electron chi connectivity index (χ1n) is 10.3. The van der Waals surface area contributed by atoms with Crippen molar-refractivity contribution in [2.45, 2.75) is 0 Å². The van der Waals surface area contributed by atoms with Gasteiger partial charge in [0.15, 0.2) is 0 Å². The lowest BCUT2D eigenvalue weighted by atomic mass is 9.94. The number of likely N-dealkylation sites (N-methyl/N-ethyl adjacent to an activating group) is 1. The van der Waals surface area contributed by atoms with Crippen LogP contribution in [-0.4, -0.2) is 55.9 Å². The number of aromatic nitrogens is 1. The first-order valence-corrected chi connectivity index (χ1v) is 11.2. The van der Waals surface area contributed by atoms with Gasteiger partial charge in [-0.15, -0.1) is 0 Å². The van der Waals surface area contributed by atoms with E-state index in [0.717, 1.165) is 43.2 Å². The number of benzene rings is 1. The Kier molecular flexibility index (Phi) is 5.34. The summed E-state index contributed by atoms with van der Waals surface area (Å²) in [6, 6.07) is 13.0. The van der Waals surface area contributed by atoms with Gasteiger partial charge in [0.1, 0.15) is 5.82 Å². The molecular formula is C24H25N5S. The quantitative estimate of drug-likeness (QED) is 0.684. The van der Waals surface area contributed by atoms with E-state index >= 15 is 0 Å². The predicted molar refractivity (Wildman–Crippen MR) is 128 cm³/mol. The van der Waals surface area contributed by atoms with Gasteiger partial charge in [-0.25, -0.2) is 4.98 Å². The Hall–Kier alpha value is -2.96. The van der Waals surface area contributed by atoms with Crippen molar-refractivity contribution >= 4 is 34.6 Å². The Morgan fingerprint density at radius 1 is 1.03 bits per heavy atom. The van der Waals surface area contributed by atoms with Gasteiger partial charge >= 0.3 is 0 Å². The lowest BCUT2D eigenvalue weighted by molar-refractivity contribution is 0.312. The molecule has 0 aliphatic carbocycles. The van der Waals surface area contributed by atoms with Crippen LogP contribution in [0.25, 0.3) is 16.7 Å². The number of pyridine rings is 1. The summed E-state index contributed by atoms with van der Waals surface area (Å²) < 4.78 is 0. The van der Waals surface area contributed by atoms with Crippen molar-refractivity contribution in [3.05, 3.63) is 70.7 Å². The molecule has 2 aromatic heterocycles. The summed E-state index contributed by atoms with van der Waals surface area (Å²) >= 11 is 1.73. The van der Waals surface area contributed by atoms with Crippen LogP contribution in [0, 0.1) is 0 Å². The van der Waals surface area contributed by atoms with Gasteiger partial charge in [0.2, 0.25) is 0 Å². The second-order valence-corrected chi connectivity index (χ2v) is 8.57. The number of hydrogen-bond donors (Lipinski definition) is 1. The molecule has 3 aromatic rings. The van der Waals surface area contributed by atoms with Gasteiger partial charge in [0.25, 0.3) is 0 Å². The molecule has 0 bridgehead atoms. The van der Waals surface area contributed by atoms with Crippen molar-refractivity contribution in [1.29, 1.82) is 0 Å². The van der Waals surface area contributed by atoms with Crippen LogP contribution in [0.5, 0.6) is 0 Å². The van der Waals surface area contributed by atoms with Gasteiger partial charge in [-0.2, -0.15) is 11.3 Å². The van der Waals surface area contributed by atoms with E-state index < -0.39 is 0 Å². The molecule has 0 unspecified atom stereocenters. The average molecular weight is 416 g/mol. The van der Waals surface area contributed by atoms with Crippen LogP contribution in [0.3, 0.4) is 0 Å². The van der Waals surface area contributed by atoms with E-state index in [2.05, 4.69) is 85.5 Å². The summed E-state index contributed by atoms with van der Waals surface area (Å²) in [6.07, 6.45) is 5.95. The lowest BCUT2D eigenvalue weighted by Crippen LogP contribution is -2.44. The zero-order valence-electron chi connectivity index (χ0n) is 17.1. The third kappa shape index (κ3) is 4.01. The first-order chi connectivity index (χ1) is 14.8. The van der Waals surface area contributed by atoms with E-state index in [1.165, 1.54) is 22.3 Å². The monoisotopic (exact) mass is 415 g/mol. The van der Waals surface area contributed by atoms with E-state index in [0.29, 0.717) is 6.54 Å². The third-order valence-electron chi connectivity index (χ3n) is 5.73. The topological polar surface area (TPSA) is 43.8 Å². The molecular weight excluding hydrogens is 390 g/mol. The van der Waals surface area contributed by atoms with Gasteiger partial charge in [0, 0.05) is 38.6 Å². The van der Waals surface area contributed by atoms with E-state index in [4.69, 9.17) is 0 Å². The highest BCUT2D eigenvalue weighted by Gasteiger charge is 2.15. The van der Waals surface area contributed by atoms with Gasteiger partial charge in [-0.1, -0.05) is 12.1 Å². The number of nitrogens with zero attached hydrogens (tertiary/aromatic N) is 4. The van der Waals surface area contributed by atoms with E-state index in [1.807, 2.05) is 12.4 Å². The minimum absolute atomic E-state index is 0.680. The molecule has 2 aliphatic rings. The molecule has 1 aromatic carbocycles. The number of rotatable bonds is 4. The summed E-state index contributed by atoms with van der Waals surface area (Å²) in [5.41, 5.74) is 7.09. The molecule has 0 atom stereocenters. The van der Waals surface area contributed by atoms with E-state index in [1.54, 1.807) is 11.3 Å². The largest absolute Gasteiger partial charge is 0.360 e. The summed E-state index contributed by atoms with van der Waals surface area (Å²) in [4.78, 5) is 13.9. The minimum atomic E-state index is 0.680. The second kappa shape index (κ2) is 8.42. The molecule has 0 saturated carbocycles. The Bertz CT molecular complexity index is 1060. The predicted octanol–water partition coefficient (Wildman–Crippen LogP) is 4.45. The molecule has 0 amide bonds. The zero-order chi connectivity index (χ0) is 20.3. The average Bonchev–Trinajstić information content (AvgIpc) is 3.33. The van der Waals surface area contributed by atoms with Gasteiger partial charge in [-0.3, -0.25) is 4.99 Å². The molecule has 4 heterocycles. The molecule has 0 radical (unpaired) electrons. The number of fused-ring (bicyclic) bond motifs is 1. The Morgan fingerprint density at radius 3 is 2.70 bits per heavy atom. The van der Waals surface area contributed by atoms with Crippen molar-refractivity contribution in [2.75, 3.05) is 50.0 Å². The maximum atomic E-state index is 4.67. The van der Waals surface area contributed by atoms with Crippen molar-refractivity contribution < 1.29 is 0 Å². The summed E-state index contributed by atoms with van der Waals surface area (Å²) in [7, 11) is 2.17. The highest BCUT2D eigenvalue weighted by molar-refractivity contribution is 7.08. The van der Waals surface area contributed by atoms with Crippen LogP contribution < -0.4 is 10.2 Å². The highest BCUT2D eigenvalue weighted by Crippen LogP contribution is 2.30. The number of anilines is 2. The van der Waals surface area contributed by atoms with E-state index in [-0.39, 0.29) is 0 Å². The van der Waals surface area contributed by atoms with Gasteiger partial charge in [0.05, 0.1) is 18.4 Å². The maximum Gasteiger partial charge on any atom is 0.128 e. The number of aliphatic imine (C=N–C) groups is 1. The van der Waals surface area contributed by atoms with Crippen molar-refractivity contribution in [3.8, 4) is 11.1 Å². The molecule has 1 N–H and O–H groups in total. The van der Waals surface area contributed by atoms with Gasteiger partial charge < -0.3 is 15.1 Å². The molecule has 0 spiro atoms. The number of thiophene rings is 1. The SMILES string of the molecule is CN1CCN(c2ccc(N/C=C3\CN=Cc4ccc(-c5ccsc5)cc43)cn2)CC1. The summed E-state index contributed by atoms with van der Waals surface area (Å²) in [6.45, 7) is 4.91. The van der Waals surface area contributed by atoms with Crippen LogP contribution in [0.15, 0.2) is 64.5 Å². The van der Waals surface area contributed by atoms with Crippen molar-refractivity contribution in [3.63, 3.8) is 0 Å². The van der Waals surface area contributed by atoms with Crippen LogP contribution >= 0.6 is 11.3 Å². The fourth-order valence-electron chi connectivity index (χ4n) is 3.87. The van der Waals surface area contributed by atoms with Crippen LogP contribution in [0.1, 0.15) is 11.1 Å². The number of nitrogens with one attached hydrogen (secondary N) is 1. The Balaban J connectivity index is 1.33. The smallest absolute Gasteiger partial charge is 0.128 e. The Labute approximate surface area is 181 Å². The standard InChI is InChI=1S/C24H25N5S/c1-28-7-9-29(10-8-28)24-5-4-22(16-27-24)26-15-21-14-25-13-19-3-2-18(12-23(19)21)20-6-11-30-17-20/h2-6,11-13,15-17,26H,7-10,14H2,1H3/b21-15+. The molecule has 5 rings (SSSR count). The Morgan fingerprint density at radius 2 is 1.93 bits per heavy atom. The molecule has 30 heavy (non-hydrogen) atoms. The first kappa shape index (κ1) is 19.0. The maximum absolute atomic E-state index is 4.67. The minimum Gasteiger partial charge on any atom is -0.360 e. The van der Waals surface area contributed by atoms with Crippen molar-refractivity contribution in [2.24, 2.45) is 4.99 Å². The molecule has 6 heteroatoms. The molecule has 2 aliphatic heterocycles. The van der Waals surface area contributed by atoms with E-state index in [9.17, 15) is 0 Å². The second-order valence-electron chi connectivity index (χ2n) is 7.79. The number of hydrogen-bond acceptors (Lipinski definition) is 6. The van der Waals surface area contributed by atoms with Gasteiger partial charge in [-0.05, 0) is 69.9 Å². The lowest BCUT2D eigenvalue weighted by Gasteiger charge is -2.33. The number of piperazine rings is 1. The summed E-state index contributed by atoms with van der Waals surface area (Å²) in [5, 5.41) is 7.73. The summed E-state index contributed by atoms with van der Waals surface area (Å²) in [5.74, 6) is 1.05. The molecule has 1 saturated heterocycles. The van der Waals surface area contributed by atoms with Crippen LogP contribution in [0.2, 0.25) is 0 Å². The van der Waals surface area contributed by atoms with Crippen molar-refractivity contribution in [1.82, 2.24) is 9.88 Å². The molecule has 1 fully saturated rings. The fraction of sp³-hybridized carbons (Fsp3) is 0.250. The highest BCUT2D eigenvalue weighted by atomic mass is 32.1. The fourth-order valence-corrected chi connectivity index (χ4v) is 4.54. The van der Waals surface area contributed by atoms with Crippen LogP contribution in [0.4, 0.5) is 11.5 Å². The normalized spacial score (nSPS) is 17.9.